The highest BCUT2D eigenvalue weighted by atomic mass is 35.5. The van der Waals surface area contributed by atoms with Gasteiger partial charge in [-0.3, -0.25) is 4.99 Å². The second-order valence-electron chi connectivity index (χ2n) is 3.23. The second kappa shape index (κ2) is 6.12. The minimum atomic E-state index is -0.599. The van der Waals surface area contributed by atoms with Crippen molar-refractivity contribution in [2.75, 3.05) is 14.1 Å². The van der Waals surface area contributed by atoms with Crippen LogP contribution in [0.5, 0.6) is 0 Å². The average Bonchev–Trinajstić information content (AvgIpc) is 2.32. The first kappa shape index (κ1) is 13.3. The molecule has 1 aromatic rings. The molecule has 0 heterocycles. The molecule has 5 heteroatoms. The molecule has 2 N–H and O–H groups in total. The summed E-state index contributed by atoms with van der Waals surface area (Å²) in [4.78, 5) is 3.92. The molecule has 0 fully saturated rings. The lowest BCUT2D eigenvalue weighted by Gasteiger charge is -2.16. The third kappa shape index (κ3) is 3.36. The minimum Gasteiger partial charge on any atom is -0.359 e. The molecule has 3 nitrogen and oxygen atoms in total. The van der Waals surface area contributed by atoms with Gasteiger partial charge in [-0.25, -0.2) is 4.39 Å². The van der Waals surface area contributed by atoms with Crippen LogP contribution in [0.3, 0.4) is 0 Å². The van der Waals surface area contributed by atoms with Gasteiger partial charge in [-0.05, 0) is 12.1 Å². The molecule has 1 rings (SSSR count). The monoisotopic (exact) mass is 253 g/mol. The summed E-state index contributed by atoms with van der Waals surface area (Å²) in [5.74, 6) is 2.51. The lowest BCUT2D eigenvalue weighted by atomic mass is 10.1. The van der Waals surface area contributed by atoms with Crippen LogP contribution in [-0.2, 0) is 0 Å². The Bertz CT molecular complexity index is 465. The molecule has 1 aromatic carbocycles. The Morgan fingerprint density at radius 2 is 2.29 bits per heavy atom. The number of benzene rings is 1. The molecule has 0 aliphatic heterocycles. The average molecular weight is 254 g/mol. The number of rotatable bonds is 2. The van der Waals surface area contributed by atoms with Gasteiger partial charge in [0.2, 0.25) is 0 Å². The van der Waals surface area contributed by atoms with E-state index in [-0.39, 0.29) is 0 Å². The minimum absolute atomic E-state index is 0.333. The van der Waals surface area contributed by atoms with E-state index in [0.29, 0.717) is 16.5 Å². The molecule has 0 aromatic heterocycles. The second-order valence-corrected chi connectivity index (χ2v) is 3.67. The standard InChI is InChI=1S/C12H13ClFN3/c1-4-11(17-12(15-2)16-3)9-6-5-8(13)7-10(9)14/h1,5-7,11H,2-3H3,(H2,15,16,17). The third-order valence-electron chi connectivity index (χ3n) is 2.18. The number of hydrogen-bond acceptors (Lipinski definition) is 1. The lowest BCUT2D eigenvalue weighted by molar-refractivity contribution is 0.595. The van der Waals surface area contributed by atoms with Gasteiger partial charge in [-0.2, -0.15) is 0 Å². The Labute approximate surface area is 105 Å². The van der Waals surface area contributed by atoms with Crippen molar-refractivity contribution in [1.82, 2.24) is 10.6 Å². The van der Waals surface area contributed by atoms with Crippen LogP contribution in [0.15, 0.2) is 23.2 Å². The maximum absolute atomic E-state index is 13.7. The Morgan fingerprint density at radius 1 is 1.59 bits per heavy atom. The maximum atomic E-state index is 13.7. The summed E-state index contributed by atoms with van der Waals surface area (Å²) in [7, 11) is 3.30. The van der Waals surface area contributed by atoms with Crippen LogP contribution < -0.4 is 10.6 Å². The van der Waals surface area contributed by atoms with Crippen LogP contribution in [0.1, 0.15) is 11.6 Å². The third-order valence-corrected chi connectivity index (χ3v) is 2.42. The van der Waals surface area contributed by atoms with E-state index in [1.165, 1.54) is 6.07 Å². The molecular weight excluding hydrogens is 241 g/mol. The maximum Gasteiger partial charge on any atom is 0.191 e. The zero-order valence-corrected chi connectivity index (χ0v) is 10.3. The van der Waals surface area contributed by atoms with Gasteiger partial charge >= 0.3 is 0 Å². The fourth-order valence-corrected chi connectivity index (χ4v) is 1.49. The number of hydrogen-bond donors (Lipinski definition) is 2. The van der Waals surface area contributed by atoms with E-state index in [0.717, 1.165) is 0 Å². The molecule has 0 saturated heterocycles. The largest absolute Gasteiger partial charge is 0.359 e. The van der Waals surface area contributed by atoms with Crippen LogP contribution in [0, 0.1) is 18.2 Å². The summed E-state index contributed by atoms with van der Waals surface area (Å²) in [5.41, 5.74) is 0.355. The molecule has 1 atom stereocenters. The van der Waals surface area contributed by atoms with Gasteiger partial charge in [0.05, 0.1) is 0 Å². The molecule has 0 aliphatic rings. The Balaban J connectivity index is 2.99. The number of nitrogens with zero attached hydrogens (tertiary/aromatic N) is 1. The van der Waals surface area contributed by atoms with E-state index >= 15 is 0 Å². The Kier molecular flexibility index (Phi) is 4.80. The number of terminal acetylenes is 1. The van der Waals surface area contributed by atoms with E-state index in [1.54, 1.807) is 26.2 Å². The smallest absolute Gasteiger partial charge is 0.191 e. The zero-order valence-electron chi connectivity index (χ0n) is 9.59. The number of aliphatic imine (C=N–C) groups is 1. The lowest BCUT2D eigenvalue weighted by Crippen LogP contribution is -2.37. The molecule has 17 heavy (non-hydrogen) atoms. The highest BCUT2D eigenvalue weighted by Crippen LogP contribution is 2.20. The first-order valence-corrected chi connectivity index (χ1v) is 5.32. The fraction of sp³-hybridized carbons (Fsp3) is 0.250. The van der Waals surface area contributed by atoms with Gasteiger partial charge in [0, 0.05) is 24.7 Å². The van der Waals surface area contributed by atoms with Crippen molar-refractivity contribution in [2.24, 2.45) is 4.99 Å². The van der Waals surface area contributed by atoms with Crippen molar-refractivity contribution in [3.05, 3.63) is 34.6 Å². The van der Waals surface area contributed by atoms with Crippen LogP contribution in [-0.4, -0.2) is 20.1 Å². The van der Waals surface area contributed by atoms with E-state index in [1.807, 2.05) is 0 Å². The first-order chi connectivity index (χ1) is 8.12. The first-order valence-electron chi connectivity index (χ1n) is 4.94. The van der Waals surface area contributed by atoms with E-state index in [9.17, 15) is 4.39 Å². The fourth-order valence-electron chi connectivity index (χ4n) is 1.33. The van der Waals surface area contributed by atoms with Crippen LogP contribution in [0.4, 0.5) is 4.39 Å². The zero-order chi connectivity index (χ0) is 12.8. The highest BCUT2D eigenvalue weighted by molar-refractivity contribution is 6.30. The number of guanidine groups is 1. The van der Waals surface area contributed by atoms with Crippen molar-refractivity contribution in [2.45, 2.75) is 6.04 Å². The summed E-state index contributed by atoms with van der Waals surface area (Å²) in [6, 6.07) is 3.77. The number of nitrogens with one attached hydrogen (secondary N) is 2. The summed E-state index contributed by atoms with van der Waals surface area (Å²) in [5, 5.41) is 6.04. The van der Waals surface area contributed by atoms with E-state index in [2.05, 4.69) is 21.5 Å². The molecule has 0 radical (unpaired) electrons. The predicted octanol–water partition coefficient (Wildman–Crippen LogP) is 1.95. The quantitative estimate of drug-likeness (QED) is 0.480. The summed E-state index contributed by atoms with van der Waals surface area (Å²) in [6.45, 7) is 0. The molecule has 0 amide bonds. The van der Waals surface area contributed by atoms with Gasteiger partial charge in [-0.15, -0.1) is 6.42 Å². The van der Waals surface area contributed by atoms with Gasteiger partial charge in [0.15, 0.2) is 5.96 Å². The van der Waals surface area contributed by atoms with Crippen LogP contribution in [0.2, 0.25) is 5.02 Å². The van der Waals surface area contributed by atoms with Crippen molar-refractivity contribution in [1.29, 1.82) is 0 Å². The van der Waals surface area contributed by atoms with Gasteiger partial charge in [-0.1, -0.05) is 23.6 Å². The molecule has 90 valence electrons. The van der Waals surface area contributed by atoms with E-state index < -0.39 is 11.9 Å². The van der Waals surface area contributed by atoms with Crippen molar-refractivity contribution < 1.29 is 4.39 Å². The SMILES string of the molecule is C#CC(NC(=NC)NC)c1ccc(Cl)cc1F. The topological polar surface area (TPSA) is 36.4 Å². The summed E-state index contributed by atoms with van der Waals surface area (Å²) < 4.78 is 13.7. The molecule has 0 saturated carbocycles. The van der Waals surface area contributed by atoms with Gasteiger partial charge < -0.3 is 10.6 Å². The summed E-state index contributed by atoms with van der Waals surface area (Å²) in [6.07, 6.45) is 5.37. The highest BCUT2D eigenvalue weighted by Gasteiger charge is 2.14. The molecule has 0 aliphatic carbocycles. The van der Waals surface area contributed by atoms with Gasteiger partial charge in [0.1, 0.15) is 11.9 Å². The number of halogens is 2. The van der Waals surface area contributed by atoms with Crippen LogP contribution in [0.25, 0.3) is 0 Å². The Hall–Kier alpha value is -1.73. The molecule has 1 unspecified atom stereocenters. The van der Waals surface area contributed by atoms with Crippen LogP contribution >= 0.6 is 11.6 Å². The Morgan fingerprint density at radius 3 is 2.76 bits per heavy atom. The molecular formula is C12H13ClFN3. The van der Waals surface area contributed by atoms with E-state index in [4.69, 9.17) is 18.0 Å². The van der Waals surface area contributed by atoms with Crippen molar-refractivity contribution >= 4 is 17.6 Å². The molecule has 0 spiro atoms. The normalized spacial score (nSPS) is 12.8. The summed E-state index contributed by atoms with van der Waals surface area (Å²) >= 11 is 5.68. The van der Waals surface area contributed by atoms with Crippen molar-refractivity contribution in [3.8, 4) is 12.3 Å². The van der Waals surface area contributed by atoms with Gasteiger partial charge in [0.25, 0.3) is 0 Å². The predicted molar refractivity (Wildman–Crippen MR) is 68.5 cm³/mol. The van der Waals surface area contributed by atoms with Crippen molar-refractivity contribution in [3.63, 3.8) is 0 Å². The molecule has 0 bridgehead atoms.